The van der Waals surface area contributed by atoms with E-state index >= 15 is 0 Å². The van der Waals surface area contributed by atoms with Crippen LogP contribution in [0.1, 0.15) is 30.6 Å². The van der Waals surface area contributed by atoms with Gasteiger partial charge in [-0.05, 0) is 18.6 Å². The second kappa shape index (κ2) is 4.03. The van der Waals surface area contributed by atoms with Crippen molar-refractivity contribution >= 4 is 11.6 Å². The van der Waals surface area contributed by atoms with E-state index in [1.807, 2.05) is 0 Å². The van der Waals surface area contributed by atoms with Crippen LogP contribution in [0.2, 0.25) is 5.02 Å². The molecule has 0 radical (unpaired) electrons. The quantitative estimate of drug-likeness (QED) is 0.787. The summed E-state index contributed by atoms with van der Waals surface area (Å²) >= 11 is 5.68. The Labute approximate surface area is 80.0 Å². The van der Waals surface area contributed by atoms with Crippen molar-refractivity contribution in [2.75, 3.05) is 0 Å². The van der Waals surface area contributed by atoms with Crippen LogP contribution in [0.25, 0.3) is 0 Å². The summed E-state index contributed by atoms with van der Waals surface area (Å²) in [5.74, 6) is 0. The van der Waals surface area contributed by atoms with Crippen molar-refractivity contribution in [2.24, 2.45) is 0 Å². The Bertz CT molecular complexity index is 300. The minimum Gasteiger partial charge on any atom is -0.389 e. The van der Waals surface area contributed by atoms with Crippen LogP contribution >= 0.6 is 11.6 Å². The molecule has 0 saturated heterocycles. The molecule has 0 amide bonds. The first-order valence-corrected chi connectivity index (χ1v) is 4.15. The van der Waals surface area contributed by atoms with Crippen molar-refractivity contribution in [3.8, 4) is 0 Å². The van der Waals surface area contributed by atoms with E-state index in [4.69, 9.17) is 16.7 Å². The summed E-state index contributed by atoms with van der Waals surface area (Å²) in [5, 5.41) is 9.34. The first-order valence-electron chi connectivity index (χ1n) is 3.78. The Morgan fingerprint density at radius 2 is 2.00 bits per heavy atom. The zero-order valence-corrected chi connectivity index (χ0v) is 7.72. The second-order valence-electron chi connectivity index (χ2n) is 2.76. The fraction of sp³-hybridized carbons (Fsp3) is 0.333. The molecule has 0 aromatic heterocycles. The van der Waals surface area contributed by atoms with Crippen molar-refractivity contribution in [3.05, 3.63) is 34.3 Å². The van der Waals surface area contributed by atoms with Crippen LogP contribution in [0.5, 0.6) is 0 Å². The van der Waals surface area contributed by atoms with E-state index < -0.39 is 12.5 Å². The van der Waals surface area contributed by atoms with Crippen LogP contribution in [0, 0.1) is 0 Å². The average molecular weight is 207 g/mol. The van der Waals surface area contributed by atoms with Crippen LogP contribution < -0.4 is 0 Å². The van der Waals surface area contributed by atoms with Gasteiger partial charge in [0.05, 0.1) is 6.10 Å². The lowest BCUT2D eigenvalue weighted by molar-refractivity contribution is 0.151. The van der Waals surface area contributed by atoms with Crippen LogP contribution in [-0.4, -0.2) is 5.11 Å². The third-order valence-corrected chi connectivity index (χ3v) is 2.05. The SMILES string of the molecule is CC(O)c1ccc(C(F)F)cc1Cl. The highest BCUT2D eigenvalue weighted by Gasteiger charge is 2.11. The lowest BCUT2D eigenvalue weighted by atomic mass is 10.1. The number of aliphatic hydroxyl groups is 1. The molecule has 0 saturated carbocycles. The van der Waals surface area contributed by atoms with Gasteiger partial charge >= 0.3 is 0 Å². The van der Waals surface area contributed by atoms with E-state index in [2.05, 4.69) is 0 Å². The predicted molar refractivity (Wildman–Crippen MR) is 47.0 cm³/mol. The van der Waals surface area contributed by atoms with Crippen LogP contribution in [0.4, 0.5) is 8.78 Å². The van der Waals surface area contributed by atoms with E-state index in [1.54, 1.807) is 0 Å². The Kier molecular flexibility index (Phi) is 3.22. The van der Waals surface area contributed by atoms with Gasteiger partial charge < -0.3 is 5.11 Å². The summed E-state index contributed by atoms with van der Waals surface area (Å²) in [6, 6.07) is 3.85. The zero-order valence-electron chi connectivity index (χ0n) is 6.97. The zero-order chi connectivity index (χ0) is 10.0. The van der Waals surface area contributed by atoms with E-state index in [0.29, 0.717) is 5.56 Å². The van der Waals surface area contributed by atoms with Gasteiger partial charge in [0.15, 0.2) is 0 Å². The number of halogens is 3. The number of rotatable bonds is 2. The topological polar surface area (TPSA) is 20.2 Å². The van der Waals surface area contributed by atoms with Crippen molar-refractivity contribution in [3.63, 3.8) is 0 Å². The lowest BCUT2D eigenvalue weighted by Gasteiger charge is -2.08. The largest absolute Gasteiger partial charge is 0.389 e. The van der Waals surface area contributed by atoms with Crippen molar-refractivity contribution in [2.45, 2.75) is 19.5 Å². The molecular formula is C9H9ClF2O. The average Bonchev–Trinajstić information content (AvgIpc) is 2.03. The molecule has 1 atom stereocenters. The van der Waals surface area contributed by atoms with Crippen LogP contribution in [-0.2, 0) is 0 Å². The molecule has 1 unspecified atom stereocenters. The molecular weight excluding hydrogens is 198 g/mol. The molecule has 13 heavy (non-hydrogen) atoms. The lowest BCUT2D eigenvalue weighted by Crippen LogP contribution is -1.94. The molecule has 0 aliphatic rings. The summed E-state index contributed by atoms with van der Waals surface area (Å²) in [6.45, 7) is 1.53. The fourth-order valence-electron chi connectivity index (χ4n) is 1.02. The van der Waals surface area contributed by atoms with Crippen molar-refractivity contribution in [1.29, 1.82) is 0 Å². The van der Waals surface area contributed by atoms with E-state index in [-0.39, 0.29) is 10.6 Å². The molecule has 0 spiro atoms. The van der Waals surface area contributed by atoms with Gasteiger partial charge in [-0.1, -0.05) is 23.7 Å². The Hall–Kier alpha value is -0.670. The van der Waals surface area contributed by atoms with Crippen molar-refractivity contribution in [1.82, 2.24) is 0 Å². The summed E-state index contributed by atoms with van der Waals surface area (Å²) in [4.78, 5) is 0. The molecule has 0 fully saturated rings. The summed E-state index contributed by atoms with van der Waals surface area (Å²) in [6.07, 6.45) is -3.26. The van der Waals surface area contributed by atoms with Crippen LogP contribution in [0.15, 0.2) is 18.2 Å². The van der Waals surface area contributed by atoms with Gasteiger partial charge in [-0.15, -0.1) is 0 Å². The standard InChI is InChI=1S/C9H9ClF2O/c1-5(13)7-3-2-6(9(11)12)4-8(7)10/h2-5,9,13H,1H3. The molecule has 1 aromatic carbocycles. The molecule has 0 aliphatic heterocycles. The molecule has 0 bridgehead atoms. The molecule has 1 N–H and O–H groups in total. The summed E-state index contributed by atoms with van der Waals surface area (Å²) < 4.78 is 24.3. The second-order valence-corrected chi connectivity index (χ2v) is 3.16. The molecule has 1 rings (SSSR count). The summed E-state index contributed by atoms with van der Waals surface area (Å²) in [5.41, 5.74) is 0.334. The van der Waals surface area contributed by atoms with E-state index in [0.717, 1.165) is 0 Å². The smallest absolute Gasteiger partial charge is 0.263 e. The van der Waals surface area contributed by atoms with Gasteiger partial charge in [0.2, 0.25) is 0 Å². The fourth-order valence-corrected chi connectivity index (χ4v) is 1.36. The van der Waals surface area contributed by atoms with E-state index in [9.17, 15) is 8.78 Å². The van der Waals surface area contributed by atoms with Gasteiger partial charge in [-0.25, -0.2) is 8.78 Å². The number of alkyl halides is 2. The molecule has 0 aliphatic carbocycles. The number of benzene rings is 1. The highest BCUT2D eigenvalue weighted by molar-refractivity contribution is 6.31. The molecule has 72 valence electrons. The van der Waals surface area contributed by atoms with Gasteiger partial charge in [-0.2, -0.15) is 0 Å². The first kappa shape index (κ1) is 10.4. The minimum atomic E-state index is -2.53. The maximum atomic E-state index is 12.2. The van der Waals surface area contributed by atoms with E-state index in [1.165, 1.54) is 25.1 Å². The molecule has 0 heterocycles. The van der Waals surface area contributed by atoms with Gasteiger partial charge in [0.25, 0.3) is 6.43 Å². The van der Waals surface area contributed by atoms with Gasteiger partial charge in [-0.3, -0.25) is 0 Å². The molecule has 1 aromatic rings. The highest BCUT2D eigenvalue weighted by atomic mass is 35.5. The highest BCUT2D eigenvalue weighted by Crippen LogP contribution is 2.28. The first-order chi connectivity index (χ1) is 6.02. The Morgan fingerprint density at radius 3 is 2.38 bits per heavy atom. The third-order valence-electron chi connectivity index (χ3n) is 1.73. The minimum absolute atomic E-state index is 0.130. The van der Waals surface area contributed by atoms with Crippen LogP contribution in [0.3, 0.4) is 0 Å². The number of hydrogen-bond acceptors (Lipinski definition) is 1. The van der Waals surface area contributed by atoms with Gasteiger partial charge in [0, 0.05) is 10.6 Å². The maximum absolute atomic E-state index is 12.2. The van der Waals surface area contributed by atoms with Gasteiger partial charge in [0.1, 0.15) is 0 Å². The monoisotopic (exact) mass is 206 g/mol. The molecule has 4 heteroatoms. The Morgan fingerprint density at radius 1 is 1.38 bits per heavy atom. The number of aliphatic hydroxyl groups excluding tert-OH is 1. The maximum Gasteiger partial charge on any atom is 0.263 e. The van der Waals surface area contributed by atoms with Crippen molar-refractivity contribution < 1.29 is 13.9 Å². The summed E-state index contributed by atoms with van der Waals surface area (Å²) in [7, 11) is 0. The number of hydrogen-bond donors (Lipinski definition) is 1. The Balaban J connectivity index is 3.06. The third kappa shape index (κ3) is 2.39. The predicted octanol–water partition coefficient (Wildman–Crippen LogP) is 3.33. The normalized spacial score (nSPS) is 13.4. The molecule has 1 nitrogen and oxygen atoms in total.